The lowest BCUT2D eigenvalue weighted by molar-refractivity contribution is -0.105. The zero-order valence-corrected chi connectivity index (χ0v) is 22.1. The highest BCUT2D eigenvalue weighted by atomic mass is 19.3. The molecule has 214 valence electrons. The topological polar surface area (TPSA) is 84.3 Å². The fraction of sp³-hybridized carbons (Fsp3) is 0.519. The Morgan fingerprint density at radius 3 is 2.50 bits per heavy atom. The van der Waals surface area contributed by atoms with Gasteiger partial charge in [0.15, 0.2) is 18.2 Å². The van der Waals surface area contributed by atoms with Crippen LogP contribution in [0.25, 0.3) is 10.9 Å². The van der Waals surface area contributed by atoms with Gasteiger partial charge in [0.1, 0.15) is 0 Å². The number of halogens is 5. The van der Waals surface area contributed by atoms with Crippen LogP contribution in [0, 0.1) is 23.6 Å². The van der Waals surface area contributed by atoms with Gasteiger partial charge in [-0.1, -0.05) is 13.8 Å². The summed E-state index contributed by atoms with van der Waals surface area (Å²) in [6.07, 6.45) is 2.28. The first kappa shape index (κ1) is 26.6. The standard InChI is InChI=1S/C27H29F5N6O2/c1-13-10-38(11-14(2)27(13,31)32)25-33-9-18(28)23(36-25)34-16-6-7-19-17(8-16)20-21(24(39)37(19)3)40-12-26(29,30)22(35-20)15-4-5-15/h6-9,13-15,22,35H,4-5,10-12H2,1-3H3,(H,33,34,36)/t13?,14?,22-/m0/s1. The molecule has 2 aromatic heterocycles. The number of hydrogen-bond donors (Lipinski definition) is 2. The second kappa shape index (κ2) is 9.20. The molecule has 3 atom stereocenters. The minimum absolute atomic E-state index is 0.0109. The van der Waals surface area contributed by atoms with Gasteiger partial charge in [-0.2, -0.15) is 4.98 Å². The van der Waals surface area contributed by atoms with E-state index in [1.54, 1.807) is 23.1 Å². The quantitative estimate of drug-likeness (QED) is 0.424. The molecule has 1 aliphatic carbocycles. The van der Waals surface area contributed by atoms with Gasteiger partial charge in [0.05, 0.1) is 23.4 Å². The molecule has 0 spiro atoms. The summed E-state index contributed by atoms with van der Waals surface area (Å²) in [6, 6.07) is 3.63. The van der Waals surface area contributed by atoms with Crippen LogP contribution in [0.5, 0.6) is 5.75 Å². The molecule has 8 nitrogen and oxygen atoms in total. The summed E-state index contributed by atoms with van der Waals surface area (Å²) < 4.78 is 80.0. The van der Waals surface area contributed by atoms with Gasteiger partial charge in [0, 0.05) is 43.0 Å². The summed E-state index contributed by atoms with van der Waals surface area (Å²) in [5.74, 6) is -9.15. The van der Waals surface area contributed by atoms with E-state index in [1.165, 1.54) is 25.5 Å². The molecule has 40 heavy (non-hydrogen) atoms. The van der Waals surface area contributed by atoms with Gasteiger partial charge in [-0.15, -0.1) is 0 Å². The molecule has 1 saturated carbocycles. The van der Waals surface area contributed by atoms with Crippen LogP contribution in [-0.4, -0.2) is 52.1 Å². The van der Waals surface area contributed by atoms with E-state index >= 15 is 0 Å². The maximum absolute atomic E-state index is 14.9. The number of nitrogens with zero attached hydrogens (tertiary/aromatic N) is 4. The second-order valence-corrected chi connectivity index (χ2v) is 11.2. The number of rotatable bonds is 4. The highest BCUT2D eigenvalue weighted by Gasteiger charge is 2.51. The van der Waals surface area contributed by atoms with Crippen LogP contribution in [0.1, 0.15) is 26.7 Å². The Morgan fingerprint density at radius 2 is 1.82 bits per heavy atom. The summed E-state index contributed by atoms with van der Waals surface area (Å²) in [5, 5.41) is 6.24. The molecule has 1 saturated heterocycles. The van der Waals surface area contributed by atoms with Crippen LogP contribution in [0.3, 0.4) is 0 Å². The molecule has 3 aliphatic rings. The number of aryl methyl sites for hydroxylation is 1. The number of hydrogen-bond acceptors (Lipinski definition) is 7. The molecule has 0 bridgehead atoms. The molecule has 0 amide bonds. The van der Waals surface area contributed by atoms with Crippen molar-refractivity contribution in [2.75, 3.05) is 35.2 Å². The SMILES string of the molecule is CC1CN(c2ncc(F)c(Nc3ccc4c(c3)c3c(c(=O)n4C)OCC(F)(F)[C@H](C4CC4)N3)n2)CC(C)C1(F)F. The van der Waals surface area contributed by atoms with Crippen LogP contribution in [0.4, 0.5) is 45.1 Å². The maximum Gasteiger partial charge on any atom is 0.301 e. The number of piperidine rings is 1. The van der Waals surface area contributed by atoms with E-state index in [0.717, 1.165) is 6.20 Å². The van der Waals surface area contributed by atoms with Gasteiger partial charge in [0.2, 0.25) is 11.7 Å². The monoisotopic (exact) mass is 564 g/mol. The zero-order valence-electron chi connectivity index (χ0n) is 22.1. The third-order valence-electron chi connectivity index (χ3n) is 8.19. The lowest BCUT2D eigenvalue weighted by Crippen LogP contribution is -2.52. The van der Waals surface area contributed by atoms with Gasteiger partial charge in [-0.05, 0) is 37.0 Å². The highest BCUT2D eigenvalue weighted by Crippen LogP contribution is 2.46. The first-order valence-corrected chi connectivity index (χ1v) is 13.2. The highest BCUT2D eigenvalue weighted by molar-refractivity contribution is 5.97. The van der Waals surface area contributed by atoms with Gasteiger partial charge in [-0.3, -0.25) is 4.79 Å². The minimum Gasteiger partial charge on any atom is -0.480 e. The Hall–Kier alpha value is -3.64. The Bertz CT molecular complexity index is 1530. The molecule has 3 aromatic rings. The smallest absolute Gasteiger partial charge is 0.301 e. The molecule has 2 unspecified atom stereocenters. The number of alkyl halides is 4. The van der Waals surface area contributed by atoms with Crippen LogP contribution in [0.2, 0.25) is 0 Å². The van der Waals surface area contributed by atoms with E-state index < -0.39 is 47.7 Å². The van der Waals surface area contributed by atoms with Gasteiger partial charge in [0.25, 0.3) is 11.5 Å². The maximum atomic E-state index is 14.9. The normalized spacial score (nSPS) is 25.5. The van der Waals surface area contributed by atoms with Crippen molar-refractivity contribution in [3.8, 4) is 5.75 Å². The Labute approximate surface area is 226 Å². The Kier molecular flexibility index (Phi) is 6.11. The molecule has 4 heterocycles. The van der Waals surface area contributed by atoms with Crippen molar-refractivity contribution in [3.05, 3.63) is 40.6 Å². The average Bonchev–Trinajstić information content (AvgIpc) is 3.74. The lowest BCUT2D eigenvalue weighted by atomic mass is 9.87. The third kappa shape index (κ3) is 4.39. The van der Waals surface area contributed by atoms with Gasteiger partial charge >= 0.3 is 5.92 Å². The third-order valence-corrected chi connectivity index (χ3v) is 8.19. The van der Waals surface area contributed by atoms with Crippen molar-refractivity contribution in [2.45, 2.75) is 44.6 Å². The van der Waals surface area contributed by atoms with Crippen molar-refractivity contribution in [2.24, 2.45) is 24.8 Å². The summed E-state index contributed by atoms with van der Waals surface area (Å²) in [4.78, 5) is 22.9. The average molecular weight is 565 g/mol. The molecular formula is C27H29F5N6O2. The number of ether oxygens (including phenoxy) is 1. The predicted molar refractivity (Wildman–Crippen MR) is 141 cm³/mol. The summed E-state index contributed by atoms with van der Waals surface area (Å²) in [5.41, 5.74) is 0.442. The fourth-order valence-electron chi connectivity index (χ4n) is 5.65. The molecule has 2 fully saturated rings. The van der Waals surface area contributed by atoms with Crippen LogP contribution in [-0.2, 0) is 7.05 Å². The number of anilines is 4. The number of aromatic nitrogens is 3. The first-order chi connectivity index (χ1) is 18.9. The van der Waals surface area contributed by atoms with E-state index in [4.69, 9.17) is 4.74 Å². The van der Waals surface area contributed by atoms with E-state index in [1.807, 2.05) is 0 Å². The van der Waals surface area contributed by atoms with Crippen LogP contribution in [0.15, 0.2) is 29.2 Å². The minimum atomic E-state index is -3.18. The number of fused-ring (bicyclic) bond motifs is 3. The number of benzene rings is 1. The van der Waals surface area contributed by atoms with Crippen molar-refractivity contribution < 1.29 is 26.7 Å². The van der Waals surface area contributed by atoms with Crippen LogP contribution >= 0.6 is 0 Å². The van der Waals surface area contributed by atoms with E-state index in [0.29, 0.717) is 29.4 Å². The van der Waals surface area contributed by atoms with E-state index in [9.17, 15) is 26.7 Å². The lowest BCUT2D eigenvalue weighted by Gasteiger charge is -2.41. The van der Waals surface area contributed by atoms with Crippen molar-refractivity contribution in [1.29, 1.82) is 0 Å². The summed E-state index contributed by atoms with van der Waals surface area (Å²) in [6.45, 7) is 2.02. The largest absolute Gasteiger partial charge is 0.480 e. The number of nitrogens with one attached hydrogen (secondary N) is 2. The molecule has 0 radical (unpaired) electrons. The first-order valence-electron chi connectivity index (χ1n) is 13.2. The van der Waals surface area contributed by atoms with Gasteiger partial charge in [-0.25, -0.2) is 26.9 Å². The summed E-state index contributed by atoms with van der Waals surface area (Å²) in [7, 11) is 1.52. The van der Waals surface area contributed by atoms with Crippen LogP contribution < -0.4 is 25.8 Å². The summed E-state index contributed by atoms with van der Waals surface area (Å²) >= 11 is 0. The molecular weight excluding hydrogens is 535 g/mol. The van der Waals surface area contributed by atoms with Crippen molar-refractivity contribution >= 4 is 34.0 Å². The Morgan fingerprint density at radius 1 is 1.12 bits per heavy atom. The van der Waals surface area contributed by atoms with Crippen molar-refractivity contribution in [3.63, 3.8) is 0 Å². The molecule has 2 aliphatic heterocycles. The fourth-order valence-corrected chi connectivity index (χ4v) is 5.65. The predicted octanol–water partition coefficient (Wildman–Crippen LogP) is 5.16. The van der Waals surface area contributed by atoms with E-state index in [-0.39, 0.29) is 42.2 Å². The zero-order chi connectivity index (χ0) is 28.6. The van der Waals surface area contributed by atoms with Crippen molar-refractivity contribution in [1.82, 2.24) is 14.5 Å². The van der Waals surface area contributed by atoms with E-state index in [2.05, 4.69) is 20.6 Å². The molecule has 1 aromatic carbocycles. The second-order valence-electron chi connectivity index (χ2n) is 11.2. The van der Waals surface area contributed by atoms with Gasteiger partial charge < -0.3 is 24.8 Å². The number of pyridine rings is 1. The molecule has 2 N–H and O–H groups in total. The molecule has 6 rings (SSSR count). The Balaban J connectivity index is 1.36. The molecule has 13 heteroatoms.